The summed E-state index contributed by atoms with van der Waals surface area (Å²) in [4.78, 5) is 12.3. The first-order valence-electron chi connectivity index (χ1n) is 11.4. The molecule has 0 radical (unpaired) electrons. The zero-order valence-electron chi connectivity index (χ0n) is 18.9. The van der Waals surface area contributed by atoms with Crippen LogP contribution in [0.5, 0.6) is 0 Å². The summed E-state index contributed by atoms with van der Waals surface area (Å²) in [6.45, 7) is 7.58. The zero-order chi connectivity index (χ0) is 21.6. The molecule has 0 atom stereocenters. The van der Waals surface area contributed by atoms with Gasteiger partial charge < -0.3 is 4.90 Å². The minimum absolute atomic E-state index is 0.0604. The Labute approximate surface area is 189 Å². The molecule has 2 aliphatic rings. The van der Waals surface area contributed by atoms with E-state index in [1.165, 1.54) is 37.7 Å². The Morgan fingerprint density at radius 3 is 2.48 bits per heavy atom. The smallest absolute Gasteiger partial charge is 0.165 e. The van der Waals surface area contributed by atoms with Crippen LogP contribution in [0, 0.1) is 0 Å². The number of aromatic nitrogens is 3. The van der Waals surface area contributed by atoms with Crippen molar-refractivity contribution in [1.82, 2.24) is 19.7 Å². The van der Waals surface area contributed by atoms with Gasteiger partial charge in [0.2, 0.25) is 0 Å². The van der Waals surface area contributed by atoms with Crippen LogP contribution in [0.25, 0.3) is 16.7 Å². The summed E-state index contributed by atoms with van der Waals surface area (Å²) in [6, 6.07) is 13.3. The second kappa shape index (κ2) is 7.97. The van der Waals surface area contributed by atoms with Crippen molar-refractivity contribution in [3.8, 4) is 5.69 Å². The van der Waals surface area contributed by atoms with E-state index in [1.54, 1.807) is 11.8 Å². The van der Waals surface area contributed by atoms with E-state index in [0.29, 0.717) is 6.04 Å². The van der Waals surface area contributed by atoms with Gasteiger partial charge in [-0.2, -0.15) is 5.10 Å². The fourth-order valence-electron chi connectivity index (χ4n) is 4.82. The van der Waals surface area contributed by atoms with Crippen molar-refractivity contribution in [3.63, 3.8) is 0 Å². The molecule has 1 fully saturated rings. The highest BCUT2D eigenvalue weighted by atomic mass is 32.2. The molecule has 0 unspecified atom stereocenters. The van der Waals surface area contributed by atoms with E-state index >= 15 is 0 Å². The largest absolute Gasteiger partial charge is 0.344 e. The summed E-state index contributed by atoms with van der Waals surface area (Å²) in [5.74, 6) is 0. The fourth-order valence-corrected chi connectivity index (χ4v) is 5.80. The van der Waals surface area contributed by atoms with Gasteiger partial charge in [0.15, 0.2) is 10.8 Å². The van der Waals surface area contributed by atoms with Crippen molar-refractivity contribution in [2.45, 2.75) is 75.9 Å². The van der Waals surface area contributed by atoms with Crippen molar-refractivity contribution in [2.24, 2.45) is 4.99 Å². The third-order valence-corrected chi connectivity index (χ3v) is 7.54. The monoisotopic (exact) mass is 433 g/mol. The summed E-state index contributed by atoms with van der Waals surface area (Å²) >= 11 is 1.72. The van der Waals surface area contributed by atoms with Crippen molar-refractivity contribution in [1.29, 1.82) is 0 Å². The molecule has 0 amide bonds. The van der Waals surface area contributed by atoms with Gasteiger partial charge >= 0.3 is 0 Å². The summed E-state index contributed by atoms with van der Waals surface area (Å²) in [5, 5.41) is 8.39. The van der Waals surface area contributed by atoms with Crippen LogP contribution in [0.2, 0.25) is 0 Å². The lowest BCUT2D eigenvalue weighted by atomic mass is 9.90. The normalized spacial score (nSPS) is 19.2. The molecule has 3 aromatic rings. The molecular weight excluding hydrogens is 402 g/mol. The van der Waals surface area contributed by atoms with Gasteiger partial charge in [-0.05, 0) is 42.8 Å². The maximum Gasteiger partial charge on any atom is 0.165 e. The van der Waals surface area contributed by atoms with Gasteiger partial charge in [-0.25, -0.2) is 9.67 Å². The Kier molecular flexibility index (Phi) is 5.29. The van der Waals surface area contributed by atoms with E-state index in [0.717, 1.165) is 39.2 Å². The minimum atomic E-state index is -0.0604. The summed E-state index contributed by atoms with van der Waals surface area (Å²) < 4.78 is 2.01. The van der Waals surface area contributed by atoms with Crippen LogP contribution in [0.15, 0.2) is 46.4 Å². The average Bonchev–Trinajstić information content (AvgIpc) is 3.16. The molecule has 162 valence electrons. The Morgan fingerprint density at radius 2 is 1.81 bits per heavy atom. The zero-order valence-corrected chi connectivity index (χ0v) is 19.7. The molecular formula is C25H31N5S. The predicted molar refractivity (Wildman–Crippen MR) is 129 cm³/mol. The lowest BCUT2D eigenvalue weighted by Crippen LogP contribution is -2.41. The quantitative estimate of drug-likeness (QED) is 0.501. The summed E-state index contributed by atoms with van der Waals surface area (Å²) in [5.41, 5.74) is 4.32. The summed E-state index contributed by atoms with van der Waals surface area (Å²) in [6.07, 6.45) is 6.55. The van der Waals surface area contributed by atoms with Gasteiger partial charge in [-0.3, -0.25) is 4.99 Å². The Morgan fingerprint density at radius 1 is 1.06 bits per heavy atom. The molecule has 1 aliphatic carbocycles. The van der Waals surface area contributed by atoms with E-state index in [2.05, 4.69) is 61.0 Å². The topological polar surface area (TPSA) is 46.3 Å². The SMILES string of the molecule is CN=C1Sc2nc3c(cc2CN1C1CCCCC1)c(C(C)(C)C)nn3-c1ccccc1. The first kappa shape index (κ1) is 20.6. The Balaban J connectivity index is 1.65. The molecule has 2 aromatic heterocycles. The number of rotatable bonds is 2. The number of hydrogen-bond acceptors (Lipinski definition) is 4. The number of para-hydroxylation sites is 1. The molecule has 6 heteroatoms. The lowest BCUT2D eigenvalue weighted by molar-refractivity contribution is 0.238. The van der Waals surface area contributed by atoms with Crippen molar-refractivity contribution in [2.75, 3.05) is 7.05 Å². The Bertz CT molecular complexity index is 1120. The van der Waals surface area contributed by atoms with Gasteiger partial charge in [0, 0.05) is 36.0 Å². The minimum Gasteiger partial charge on any atom is -0.344 e. The molecule has 0 bridgehead atoms. The number of nitrogens with zero attached hydrogens (tertiary/aromatic N) is 5. The van der Waals surface area contributed by atoms with Crippen molar-refractivity contribution in [3.05, 3.63) is 47.7 Å². The molecule has 5 rings (SSSR count). The number of benzene rings is 1. The molecule has 1 aliphatic heterocycles. The number of amidine groups is 1. The number of pyridine rings is 1. The lowest BCUT2D eigenvalue weighted by Gasteiger charge is -2.39. The van der Waals surface area contributed by atoms with Crippen molar-refractivity contribution < 1.29 is 0 Å². The van der Waals surface area contributed by atoms with Gasteiger partial charge in [0.1, 0.15) is 5.03 Å². The average molecular weight is 434 g/mol. The highest BCUT2D eigenvalue weighted by Gasteiger charge is 2.32. The molecule has 0 N–H and O–H groups in total. The van der Waals surface area contributed by atoms with Crippen LogP contribution >= 0.6 is 11.8 Å². The standard InChI is InChI=1S/C25H31N5S/c1-25(2,3)21-20-15-17-16-29(18-11-7-5-8-12-18)24(26-4)31-23(17)27-22(20)30(28-21)19-13-9-6-10-14-19/h6,9-10,13-15,18H,5,7-8,11-12,16H2,1-4H3. The van der Waals surface area contributed by atoms with E-state index in [4.69, 9.17) is 10.1 Å². The highest BCUT2D eigenvalue weighted by molar-refractivity contribution is 8.13. The van der Waals surface area contributed by atoms with Crippen LogP contribution in [0.1, 0.15) is 64.1 Å². The fraction of sp³-hybridized carbons (Fsp3) is 0.480. The molecule has 3 heterocycles. The number of thioether (sulfide) groups is 1. The van der Waals surface area contributed by atoms with Crippen LogP contribution in [0.4, 0.5) is 0 Å². The first-order valence-corrected chi connectivity index (χ1v) is 12.2. The van der Waals surface area contributed by atoms with E-state index < -0.39 is 0 Å². The molecule has 0 spiro atoms. The summed E-state index contributed by atoms with van der Waals surface area (Å²) in [7, 11) is 1.91. The number of fused-ring (bicyclic) bond motifs is 2. The third kappa shape index (κ3) is 3.75. The molecule has 1 aromatic carbocycles. The second-order valence-corrected chi connectivity index (χ2v) is 10.7. The van der Waals surface area contributed by atoms with E-state index in [9.17, 15) is 0 Å². The van der Waals surface area contributed by atoms with E-state index in [1.807, 2.05) is 17.8 Å². The molecule has 1 saturated carbocycles. The van der Waals surface area contributed by atoms with Crippen LogP contribution in [-0.4, -0.2) is 37.9 Å². The third-order valence-electron chi connectivity index (χ3n) is 6.39. The molecule has 5 nitrogen and oxygen atoms in total. The number of hydrogen-bond donors (Lipinski definition) is 0. The number of aliphatic imine (C=N–C) groups is 1. The highest BCUT2D eigenvalue weighted by Crippen LogP contribution is 2.39. The van der Waals surface area contributed by atoms with Crippen molar-refractivity contribution >= 4 is 28.0 Å². The predicted octanol–water partition coefficient (Wildman–Crippen LogP) is 5.94. The van der Waals surface area contributed by atoms with E-state index in [-0.39, 0.29) is 5.41 Å². The first-order chi connectivity index (χ1) is 15.0. The van der Waals surface area contributed by atoms with Crippen LogP contribution < -0.4 is 0 Å². The van der Waals surface area contributed by atoms with Gasteiger partial charge in [0.05, 0.1) is 11.4 Å². The van der Waals surface area contributed by atoms with Gasteiger partial charge in [0.25, 0.3) is 0 Å². The molecule has 0 saturated heterocycles. The maximum absolute atomic E-state index is 5.16. The molecule has 31 heavy (non-hydrogen) atoms. The maximum atomic E-state index is 5.16. The van der Waals surface area contributed by atoms with Crippen LogP contribution in [-0.2, 0) is 12.0 Å². The van der Waals surface area contributed by atoms with Crippen LogP contribution in [0.3, 0.4) is 0 Å². The van der Waals surface area contributed by atoms with Gasteiger partial charge in [-0.15, -0.1) is 0 Å². The van der Waals surface area contributed by atoms with Gasteiger partial charge in [-0.1, -0.05) is 58.2 Å². The Hall–Kier alpha value is -2.34. The second-order valence-electron chi connectivity index (χ2n) is 9.70.